The highest BCUT2D eigenvalue weighted by molar-refractivity contribution is 5.31. The van der Waals surface area contributed by atoms with E-state index in [9.17, 15) is 5.11 Å². The van der Waals surface area contributed by atoms with E-state index < -0.39 is 0 Å². The molecule has 3 N–H and O–H groups in total. The van der Waals surface area contributed by atoms with Crippen molar-refractivity contribution in [2.24, 2.45) is 11.7 Å². The summed E-state index contributed by atoms with van der Waals surface area (Å²) in [5.74, 6) is 1.76. The minimum atomic E-state index is 0.123. The predicted octanol–water partition coefficient (Wildman–Crippen LogP) is 3.07. The van der Waals surface area contributed by atoms with Gasteiger partial charge < -0.3 is 15.6 Å². The summed E-state index contributed by atoms with van der Waals surface area (Å²) in [5.41, 5.74) is 6.72. The highest BCUT2D eigenvalue weighted by Crippen LogP contribution is 2.26. The summed E-state index contributed by atoms with van der Waals surface area (Å²) >= 11 is 0. The summed E-state index contributed by atoms with van der Waals surface area (Å²) in [6.45, 7) is 1.56. The Kier molecular flexibility index (Phi) is 6.34. The molecule has 0 aromatic heterocycles. The van der Waals surface area contributed by atoms with Crippen molar-refractivity contribution in [1.29, 1.82) is 0 Å². The Labute approximate surface area is 122 Å². The normalized spacial score (nSPS) is 17.9. The van der Waals surface area contributed by atoms with Gasteiger partial charge in [0.1, 0.15) is 5.75 Å². The molecule has 1 aromatic carbocycles. The smallest absolute Gasteiger partial charge is 0.119 e. The Bertz CT molecular complexity index is 388. The molecule has 1 atom stereocenters. The molecule has 3 nitrogen and oxygen atoms in total. The van der Waals surface area contributed by atoms with Crippen LogP contribution in [0.3, 0.4) is 0 Å². The highest BCUT2D eigenvalue weighted by atomic mass is 16.5. The molecular weight excluding hydrogens is 250 g/mol. The molecule has 1 aliphatic carbocycles. The van der Waals surface area contributed by atoms with Crippen molar-refractivity contribution in [3.05, 3.63) is 29.8 Å². The molecule has 1 aliphatic rings. The zero-order valence-corrected chi connectivity index (χ0v) is 12.3. The number of ether oxygens (including phenoxy) is 1. The highest BCUT2D eigenvalue weighted by Gasteiger charge is 2.15. The average molecular weight is 277 g/mol. The molecule has 1 unspecified atom stereocenters. The van der Waals surface area contributed by atoms with Gasteiger partial charge in [-0.1, -0.05) is 31.4 Å². The van der Waals surface area contributed by atoms with E-state index in [1.54, 1.807) is 0 Å². The minimum absolute atomic E-state index is 0.123. The third kappa shape index (κ3) is 4.50. The van der Waals surface area contributed by atoms with Gasteiger partial charge in [0.15, 0.2) is 0 Å². The van der Waals surface area contributed by atoms with Gasteiger partial charge in [-0.15, -0.1) is 0 Å². The molecule has 20 heavy (non-hydrogen) atoms. The molecule has 112 valence electrons. The van der Waals surface area contributed by atoms with E-state index >= 15 is 0 Å². The van der Waals surface area contributed by atoms with Gasteiger partial charge in [0, 0.05) is 12.5 Å². The summed E-state index contributed by atoms with van der Waals surface area (Å²) in [7, 11) is 0. The summed E-state index contributed by atoms with van der Waals surface area (Å²) in [6.07, 6.45) is 7.47. The molecule has 0 bridgehead atoms. The number of aliphatic hydroxyl groups excluding tert-OH is 1. The van der Waals surface area contributed by atoms with Gasteiger partial charge in [-0.3, -0.25) is 0 Å². The van der Waals surface area contributed by atoms with E-state index in [-0.39, 0.29) is 12.5 Å². The van der Waals surface area contributed by atoms with Crippen molar-refractivity contribution in [3.63, 3.8) is 0 Å². The number of hydrogen-bond acceptors (Lipinski definition) is 3. The quantitative estimate of drug-likeness (QED) is 0.805. The molecule has 0 spiro atoms. The second-order valence-corrected chi connectivity index (χ2v) is 5.84. The van der Waals surface area contributed by atoms with Crippen LogP contribution in [0.5, 0.6) is 5.75 Å². The van der Waals surface area contributed by atoms with Crippen molar-refractivity contribution in [1.82, 2.24) is 0 Å². The van der Waals surface area contributed by atoms with E-state index in [1.807, 2.05) is 18.2 Å². The first-order valence-electron chi connectivity index (χ1n) is 7.87. The molecule has 2 rings (SSSR count). The van der Waals surface area contributed by atoms with E-state index in [2.05, 4.69) is 6.07 Å². The van der Waals surface area contributed by atoms with Crippen molar-refractivity contribution in [2.75, 3.05) is 19.8 Å². The molecule has 0 radical (unpaired) electrons. The Morgan fingerprint density at radius 1 is 1.25 bits per heavy atom. The zero-order valence-electron chi connectivity index (χ0n) is 12.3. The Morgan fingerprint density at radius 3 is 2.75 bits per heavy atom. The summed E-state index contributed by atoms with van der Waals surface area (Å²) < 4.78 is 5.95. The average Bonchev–Trinajstić information content (AvgIpc) is 2.52. The van der Waals surface area contributed by atoms with Crippen molar-refractivity contribution in [2.45, 2.75) is 44.4 Å². The van der Waals surface area contributed by atoms with Crippen LogP contribution in [0.2, 0.25) is 0 Å². The van der Waals surface area contributed by atoms with Gasteiger partial charge in [-0.25, -0.2) is 0 Å². The molecule has 0 aliphatic heterocycles. The van der Waals surface area contributed by atoms with Crippen LogP contribution in [0.25, 0.3) is 0 Å². The second kappa shape index (κ2) is 8.28. The van der Waals surface area contributed by atoms with Gasteiger partial charge in [0.05, 0.1) is 6.61 Å². The van der Waals surface area contributed by atoms with Crippen LogP contribution >= 0.6 is 0 Å². The van der Waals surface area contributed by atoms with E-state index in [1.165, 1.54) is 32.1 Å². The third-order valence-electron chi connectivity index (χ3n) is 4.28. The summed E-state index contributed by atoms with van der Waals surface area (Å²) in [6, 6.07) is 8.11. The molecule has 1 fully saturated rings. The van der Waals surface area contributed by atoms with Crippen LogP contribution in [-0.2, 0) is 0 Å². The van der Waals surface area contributed by atoms with Crippen LogP contribution < -0.4 is 10.5 Å². The maximum absolute atomic E-state index is 9.44. The van der Waals surface area contributed by atoms with E-state index in [0.29, 0.717) is 12.5 Å². The minimum Gasteiger partial charge on any atom is -0.493 e. The van der Waals surface area contributed by atoms with Gasteiger partial charge in [-0.05, 0) is 49.4 Å². The van der Waals surface area contributed by atoms with Crippen LogP contribution in [0.1, 0.15) is 50.0 Å². The molecule has 0 amide bonds. The van der Waals surface area contributed by atoms with Gasteiger partial charge in [0.2, 0.25) is 0 Å². The standard InChI is InChI=1S/C17H27NO2/c18-10-9-16(12-19)15-7-4-8-17(11-15)20-13-14-5-2-1-3-6-14/h4,7-8,11,14,16,19H,1-3,5-6,9-10,12-13,18H2. The van der Waals surface area contributed by atoms with E-state index in [4.69, 9.17) is 10.5 Å². The Morgan fingerprint density at radius 2 is 2.05 bits per heavy atom. The third-order valence-corrected chi connectivity index (χ3v) is 4.28. The van der Waals surface area contributed by atoms with E-state index in [0.717, 1.165) is 24.3 Å². The maximum Gasteiger partial charge on any atom is 0.119 e. The predicted molar refractivity (Wildman–Crippen MR) is 82.0 cm³/mol. The largest absolute Gasteiger partial charge is 0.493 e. The van der Waals surface area contributed by atoms with Gasteiger partial charge in [-0.2, -0.15) is 0 Å². The first kappa shape index (κ1) is 15.3. The topological polar surface area (TPSA) is 55.5 Å². The zero-order chi connectivity index (χ0) is 14.2. The Balaban J connectivity index is 1.91. The maximum atomic E-state index is 9.44. The van der Waals surface area contributed by atoms with Crippen LogP contribution in [-0.4, -0.2) is 24.9 Å². The van der Waals surface area contributed by atoms with Crippen LogP contribution in [0, 0.1) is 5.92 Å². The Hall–Kier alpha value is -1.06. The fourth-order valence-electron chi connectivity index (χ4n) is 2.99. The van der Waals surface area contributed by atoms with Gasteiger partial charge >= 0.3 is 0 Å². The molecule has 1 aromatic rings. The number of nitrogens with two attached hydrogens (primary N) is 1. The first-order valence-corrected chi connectivity index (χ1v) is 7.87. The van der Waals surface area contributed by atoms with Gasteiger partial charge in [0.25, 0.3) is 0 Å². The lowest BCUT2D eigenvalue weighted by Crippen LogP contribution is -2.15. The van der Waals surface area contributed by atoms with Crippen LogP contribution in [0.15, 0.2) is 24.3 Å². The molecule has 1 saturated carbocycles. The summed E-state index contributed by atoms with van der Waals surface area (Å²) in [4.78, 5) is 0. The lowest BCUT2D eigenvalue weighted by Gasteiger charge is -2.22. The lowest BCUT2D eigenvalue weighted by molar-refractivity contribution is 0.208. The lowest BCUT2D eigenvalue weighted by atomic mass is 9.90. The van der Waals surface area contributed by atoms with Crippen molar-refractivity contribution < 1.29 is 9.84 Å². The summed E-state index contributed by atoms with van der Waals surface area (Å²) in [5, 5.41) is 9.44. The number of hydrogen-bond donors (Lipinski definition) is 2. The first-order chi connectivity index (χ1) is 9.83. The number of benzene rings is 1. The molecular formula is C17H27NO2. The fourth-order valence-corrected chi connectivity index (χ4v) is 2.99. The van der Waals surface area contributed by atoms with Crippen molar-refractivity contribution >= 4 is 0 Å². The second-order valence-electron chi connectivity index (χ2n) is 5.84. The fraction of sp³-hybridized carbons (Fsp3) is 0.647. The van der Waals surface area contributed by atoms with Crippen LogP contribution in [0.4, 0.5) is 0 Å². The SMILES string of the molecule is NCCC(CO)c1cccc(OCC2CCCCC2)c1. The van der Waals surface area contributed by atoms with Crippen molar-refractivity contribution in [3.8, 4) is 5.75 Å². The number of rotatable bonds is 7. The monoisotopic (exact) mass is 277 g/mol. The molecule has 0 heterocycles. The number of aliphatic hydroxyl groups is 1. The molecule has 0 saturated heterocycles. The molecule has 3 heteroatoms.